The zero-order valence-electron chi connectivity index (χ0n) is 10.8. The van der Waals surface area contributed by atoms with Crippen LogP contribution in [0.5, 0.6) is 0 Å². The lowest BCUT2D eigenvalue weighted by Gasteiger charge is -2.21. The first-order valence-corrected chi connectivity index (χ1v) is 7.20. The minimum atomic E-state index is -1.12. The Labute approximate surface area is 130 Å². The van der Waals surface area contributed by atoms with Gasteiger partial charge < -0.3 is 0 Å². The highest BCUT2D eigenvalue weighted by atomic mass is 35.5. The van der Waals surface area contributed by atoms with Gasteiger partial charge in [0, 0.05) is 4.86 Å². The summed E-state index contributed by atoms with van der Waals surface area (Å²) in [6.07, 6.45) is 5.38. The van der Waals surface area contributed by atoms with Crippen molar-refractivity contribution in [3.63, 3.8) is 0 Å². The van der Waals surface area contributed by atoms with E-state index in [-0.39, 0.29) is 10.7 Å². The number of hydrogen-bond donors (Lipinski definition) is 0. The molecular weight excluding hydrogens is 324 g/mol. The van der Waals surface area contributed by atoms with Crippen LogP contribution in [0.15, 0.2) is 28.6 Å². The Balaban J connectivity index is 2.48. The van der Waals surface area contributed by atoms with E-state index < -0.39 is 16.6 Å². The van der Waals surface area contributed by atoms with Crippen LogP contribution in [0.1, 0.15) is 30.5 Å². The summed E-state index contributed by atoms with van der Waals surface area (Å²) in [5.74, 6) is 0.235. The van der Waals surface area contributed by atoms with E-state index in [0.717, 1.165) is 10.1 Å². The topological polar surface area (TPSA) is 39.8 Å². The van der Waals surface area contributed by atoms with Crippen molar-refractivity contribution in [2.45, 2.75) is 24.7 Å². The molecule has 1 aliphatic rings. The molecule has 8 heteroatoms. The third-order valence-corrected chi connectivity index (χ3v) is 3.76. The van der Waals surface area contributed by atoms with Crippen molar-refractivity contribution in [3.8, 4) is 0 Å². The van der Waals surface area contributed by atoms with E-state index in [2.05, 4.69) is 5.10 Å². The molecule has 1 heterocycles. The molecule has 4 nitrogen and oxygen atoms in total. The van der Waals surface area contributed by atoms with Gasteiger partial charge in [-0.2, -0.15) is 0 Å². The molecule has 0 radical (unpaired) electrons. The first-order chi connectivity index (χ1) is 9.32. The first-order valence-electron chi connectivity index (χ1n) is 5.92. The summed E-state index contributed by atoms with van der Waals surface area (Å²) in [6, 6.07) is -0.612. The quantitative estimate of drug-likeness (QED) is 0.628. The summed E-state index contributed by atoms with van der Waals surface area (Å²) in [5.41, 5.74) is 0.0893. The molecule has 20 heavy (non-hydrogen) atoms. The summed E-state index contributed by atoms with van der Waals surface area (Å²) >= 11 is 16.7. The minimum absolute atomic E-state index is 0.0702. The van der Waals surface area contributed by atoms with E-state index in [4.69, 9.17) is 35.4 Å². The fraction of sp³-hybridized carbons (Fsp3) is 0.417. The van der Waals surface area contributed by atoms with E-state index >= 15 is 0 Å². The van der Waals surface area contributed by atoms with Crippen molar-refractivity contribution in [1.29, 1.82) is 0 Å². The van der Waals surface area contributed by atoms with Gasteiger partial charge in [-0.05, 0) is 22.5 Å². The van der Waals surface area contributed by atoms with Crippen LogP contribution < -0.4 is 5.69 Å². The molecule has 0 N–H and O–H groups in total. The van der Waals surface area contributed by atoms with Gasteiger partial charge in [-0.15, -0.1) is 5.10 Å². The highest BCUT2D eigenvalue weighted by Crippen LogP contribution is 2.28. The smallest absolute Gasteiger partial charge is 0.262 e. The van der Waals surface area contributed by atoms with Crippen molar-refractivity contribution in [2.75, 3.05) is 0 Å². The van der Waals surface area contributed by atoms with Gasteiger partial charge in [0.15, 0.2) is 10.7 Å². The van der Waals surface area contributed by atoms with Crippen LogP contribution in [0, 0.1) is 5.92 Å². The minimum Gasteiger partial charge on any atom is -0.262 e. The number of rotatable bonds is 3. The summed E-state index contributed by atoms with van der Waals surface area (Å²) in [6.45, 7) is 4.06. The van der Waals surface area contributed by atoms with E-state index in [0.29, 0.717) is 10.8 Å². The number of nitrogens with zero attached hydrogens (tertiary/aromatic N) is 3. The van der Waals surface area contributed by atoms with Crippen molar-refractivity contribution in [3.05, 3.63) is 40.1 Å². The molecule has 1 unspecified atom stereocenters. The lowest BCUT2D eigenvalue weighted by atomic mass is 9.95. The van der Waals surface area contributed by atoms with Crippen LogP contribution in [-0.2, 0) is 0 Å². The summed E-state index contributed by atoms with van der Waals surface area (Å²) < 4.78 is 14.4. The molecule has 0 saturated heterocycles. The second kappa shape index (κ2) is 5.79. The predicted octanol–water partition coefficient (Wildman–Crippen LogP) is 3.32. The Bertz CT molecular complexity index is 660. The molecule has 0 aliphatic heterocycles. The maximum atomic E-state index is 13.3. The second-order valence-electron chi connectivity index (χ2n) is 4.68. The molecular formula is C12H12Cl2FN3OS. The van der Waals surface area contributed by atoms with Crippen LogP contribution in [0.25, 0.3) is 0 Å². The fourth-order valence-electron chi connectivity index (χ4n) is 1.95. The van der Waals surface area contributed by atoms with Crippen molar-refractivity contribution in [2.24, 2.45) is 5.92 Å². The average Bonchev–Trinajstić information content (AvgIpc) is 2.66. The standard InChI is InChI=1S/C12H12Cl2FN3OS/c1-6(2)7-3-4-8(9(20)5-7)17-11(10(13)14)16-18(15)12(17)19/h3-6,8,10H,1-2H3. The van der Waals surface area contributed by atoms with Gasteiger partial charge in [0.25, 0.3) is 0 Å². The highest BCUT2D eigenvalue weighted by molar-refractivity contribution is 7.80. The molecule has 0 bridgehead atoms. The Hall–Kier alpha value is -0.980. The number of allylic oxidation sites excluding steroid dienone is 4. The molecule has 108 valence electrons. The number of alkyl halides is 2. The van der Waals surface area contributed by atoms with E-state index in [1.165, 1.54) is 0 Å². The lowest BCUT2D eigenvalue weighted by Crippen LogP contribution is -2.30. The molecule has 0 aromatic carbocycles. The molecule has 1 aromatic heterocycles. The predicted molar refractivity (Wildman–Crippen MR) is 81.1 cm³/mol. The summed E-state index contributed by atoms with van der Waals surface area (Å²) in [4.78, 5) is 10.9. The maximum absolute atomic E-state index is 13.3. The average molecular weight is 336 g/mol. The van der Waals surface area contributed by atoms with Crippen LogP contribution in [-0.4, -0.2) is 19.4 Å². The van der Waals surface area contributed by atoms with Crippen LogP contribution in [0.4, 0.5) is 4.48 Å². The Morgan fingerprint density at radius 3 is 2.60 bits per heavy atom. The lowest BCUT2D eigenvalue weighted by molar-refractivity contribution is 0.297. The summed E-state index contributed by atoms with van der Waals surface area (Å²) in [7, 11) is 0. The van der Waals surface area contributed by atoms with Gasteiger partial charge in [0.05, 0.1) is 6.04 Å². The molecule has 1 atom stereocenters. The van der Waals surface area contributed by atoms with Crippen molar-refractivity contribution in [1.82, 2.24) is 14.6 Å². The monoisotopic (exact) mass is 335 g/mol. The number of halogens is 3. The third-order valence-electron chi connectivity index (χ3n) is 3.01. The second-order valence-corrected chi connectivity index (χ2v) is 6.24. The van der Waals surface area contributed by atoms with E-state index in [1.54, 1.807) is 12.2 Å². The first kappa shape index (κ1) is 15.4. The van der Waals surface area contributed by atoms with Gasteiger partial charge in [-0.3, -0.25) is 4.57 Å². The molecule has 0 spiro atoms. The fourth-order valence-corrected chi connectivity index (χ4v) is 2.56. The SMILES string of the molecule is CC(C)C1=CC(=S)C(n2c(C(Cl)Cl)nn(F)c2=O)C=C1. The zero-order valence-corrected chi connectivity index (χ0v) is 13.1. The van der Waals surface area contributed by atoms with Gasteiger partial charge in [-0.25, -0.2) is 4.79 Å². The molecule has 0 amide bonds. The largest absolute Gasteiger partial charge is 0.376 e. The summed E-state index contributed by atoms with van der Waals surface area (Å²) in [5, 5.41) is 3.40. The van der Waals surface area contributed by atoms with E-state index in [9.17, 15) is 9.28 Å². The van der Waals surface area contributed by atoms with Gasteiger partial charge >= 0.3 is 5.69 Å². The zero-order chi connectivity index (χ0) is 15.0. The highest BCUT2D eigenvalue weighted by Gasteiger charge is 2.27. The molecule has 1 aromatic rings. The van der Waals surface area contributed by atoms with Gasteiger partial charge in [0.2, 0.25) is 0 Å². The van der Waals surface area contributed by atoms with Crippen LogP contribution in [0.3, 0.4) is 0 Å². The number of thiocarbonyl (C=S) groups is 1. The number of hydrogen-bond acceptors (Lipinski definition) is 3. The maximum Gasteiger partial charge on any atom is 0.376 e. The van der Waals surface area contributed by atoms with Crippen LogP contribution in [0.2, 0.25) is 0 Å². The van der Waals surface area contributed by atoms with Crippen molar-refractivity contribution >= 4 is 40.3 Å². The molecule has 0 saturated carbocycles. The molecule has 0 fully saturated rings. The van der Waals surface area contributed by atoms with Gasteiger partial charge in [-0.1, -0.05) is 65.9 Å². The van der Waals surface area contributed by atoms with Crippen molar-refractivity contribution < 1.29 is 4.48 Å². The number of aromatic nitrogens is 3. The Morgan fingerprint density at radius 1 is 1.45 bits per heavy atom. The van der Waals surface area contributed by atoms with Gasteiger partial charge in [0.1, 0.15) is 0 Å². The van der Waals surface area contributed by atoms with E-state index in [1.807, 2.05) is 19.9 Å². The molecule has 1 aliphatic carbocycles. The third kappa shape index (κ3) is 2.73. The Kier molecular flexibility index (Phi) is 4.46. The normalized spacial score (nSPS) is 19.1. The Morgan fingerprint density at radius 2 is 2.10 bits per heavy atom. The van der Waals surface area contributed by atoms with Crippen LogP contribution >= 0.6 is 35.4 Å². The molecule has 2 rings (SSSR count).